The van der Waals surface area contributed by atoms with Gasteiger partial charge in [-0.05, 0) is 0 Å². The smallest absolute Gasteiger partial charge is 0.147 e. The third kappa shape index (κ3) is 5.89. The van der Waals surface area contributed by atoms with Crippen molar-refractivity contribution in [2.45, 2.75) is 61.7 Å². The molecule has 0 saturated carbocycles. The van der Waals surface area contributed by atoms with E-state index in [-0.39, 0.29) is 24.8 Å². The van der Waals surface area contributed by atoms with Gasteiger partial charge < -0.3 is 0 Å². The van der Waals surface area contributed by atoms with Gasteiger partial charge in [-0.3, -0.25) is 0 Å². The Hall–Kier alpha value is -0.933. The topological polar surface area (TPSA) is 0 Å². The van der Waals surface area contributed by atoms with Gasteiger partial charge in [-0.15, -0.1) is 24.8 Å². The Morgan fingerprint density at radius 2 is 1.00 bits per heavy atom. The van der Waals surface area contributed by atoms with Gasteiger partial charge >= 0.3 is 199 Å². The van der Waals surface area contributed by atoms with Crippen molar-refractivity contribution < 1.29 is 17.1 Å². The molecule has 0 radical (unpaired) electrons. The molecule has 2 aromatic carbocycles. The van der Waals surface area contributed by atoms with Gasteiger partial charge in [0.15, 0.2) is 0 Å². The van der Waals surface area contributed by atoms with E-state index in [0.29, 0.717) is 0 Å². The van der Waals surface area contributed by atoms with Crippen molar-refractivity contribution in [1.82, 2.24) is 0 Å². The van der Waals surface area contributed by atoms with E-state index in [1.165, 1.54) is 49.7 Å². The van der Waals surface area contributed by atoms with Crippen molar-refractivity contribution in [2.24, 2.45) is 0 Å². The summed E-state index contributed by atoms with van der Waals surface area (Å²) in [4.78, 5) is 0. The third-order valence-electron chi connectivity index (χ3n) is 7.40. The van der Waals surface area contributed by atoms with Gasteiger partial charge in [0.2, 0.25) is 0 Å². The van der Waals surface area contributed by atoms with Crippen LogP contribution in [0.25, 0.3) is 11.1 Å². The van der Waals surface area contributed by atoms with Crippen LogP contribution in [0.5, 0.6) is 0 Å². The SMILES string of the molecule is CCCC1=CC(c2ccccc2)=[C]([Hf]([CH3])([CH3])(=[SiH2])[C]2=C(c3ccccc3)C=C(CCC)C2)C1.Cl.Cl. The summed E-state index contributed by atoms with van der Waals surface area (Å²) in [5, 5.41) is 0. The standard InChI is InChI=1S/2C14H15.2CH3.2ClH.Hf.H2Si/c2*1-2-6-12-9-10-14(11-12)13-7-4-3-5-8-13;;;;;;/h2*3-5,7-8,11H,2,6,9H2,1H3;2*1H3;2*1H;;1H2. The second kappa shape index (κ2) is 11.9. The van der Waals surface area contributed by atoms with Gasteiger partial charge in [0.25, 0.3) is 0 Å². The van der Waals surface area contributed by atoms with Crippen LogP contribution in [-0.4, -0.2) is 6.94 Å². The molecule has 0 saturated heterocycles. The van der Waals surface area contributed by atoms with Crippen LogP contribution in [0.3, 0.4) is 0 Å². The van der Waals surface area contributed by atoms with E-state index >= 15 is 0 Å². The zero-order chi connectivity index (χ0) is 22.8. The molecule has 0 amide bonds. The summed E-state index contributed by atoms with van der Waals surface area (Å²) in [6.45, 7) is 7.05. The number of halogens is 2. The summed E-state index contributed by atoms with van der Waals surface area (Å²) in [6.07, 6.45) is 12.4. The van der Waals surface area contributed by atoms with E-state index in [1.807, 2.05) is 6.66 Å². The number of allylic oxidation sites excluding steroid dienone is 8. The first-order valence-corrected chi connectivity index (χ1v) is 31.5. The largest absolute Gasteiger partial charge is 0.147 e. The van der Waals surface area contributed by atoms with Crippen LogP contribution in [0.4, 0.5) is 0 Å². The maximum atomic E-state index is 2.72. The van der Waals surface area contributed by atoms with Crippen LogP contribution in [0.15, 0.2) is 90.6 Å². The van der Waals surface area contributed by atoms with E-state index in [1.54, 1.807) is 22.3 Å². The molecule has 34 heavy (non-hydrogen) atoms. The molecule has 0 spiro atoms. The van der Waals surface area contributed by atoms with Crippen molar-refractivity contribution in [3.05, 3.63) is 102 Å². The second-order valence-corrected chi connectivity index (χ2v) is 51.7. The molecule has 0 heterocycles. The zero-order valence-corrected chi connectivity index (χ0v) is 27.8. The average Bonchev–Trinajstić information content (AvgIpc) is 3.42. The molecule has 0 atom stereocenters. The van der Waals surface area contributed by atoms with Crippen molar-refractivity contribution in [1.29, 1.82) is 0 Å². The Kier molecular flexibility index (Phi) is 10.2. The quantitative estimate of drug-likeness (QED) is 0.245. The Labute approximate surface area is 222 Å². The van der Waals surface area contributed by atoms with Crippen LogP contribution < -0.4 is 0 Å². The van der Waals surface area contributed by atoms with Gasteiger partial charge in [-0.25, -0.2) is 0 Å². The van der Waals surface area contributed by atoms with Gasteiger partial charge in [-0.2, -0.15) is 0 Å². The summed E-state index contributed by atoms with van der Waals surface area (Å²) in [5.74, 6) is 0. The minimum absolute atomic E-state index is 0. The van der Waals surface area contributed by atoms with Gasteiger partial charge in [-0.1, -0.05) is 0 Å². The molecule has 0 aliphatic heterocycles. The summed E-state index contributed by atoms with van der Waals surface area (Å²) >= 11 is -3.56. The minimum atomic E-state index is -3.56. The third-order valence-corrected chi connectivity index (χ3v) is 31.5. The molecule has 4 heteroatoms. The maximum Gasteiger partial charge on any atom is -0.147 e. The monoisotopic (exact) mass is 678 g/mol. The number of benzene rings is 2. The predicted octanol–water partition coefficient (Wildman–Crippen LogP) is 9.25. The molecule has 0 N–H and O–H groups in total. The molecule has 2 aliphatic rings. The van der Waals surface area contributed by atoms with E-state index in [0.717, 1.165) is 0 Å². The number of hydrogen-bond donors (Lipinski definition) is 0. The van der Waals surface area contributed by atoms with E-state index in [2.05, 4.69) is 103 Å². The summed E-state index contributed by atoms with van der Waals surface area (Å²) in [5.41, 5.74) is 9.20. The molecule has 2 aliphatic carbocycles. The van der Waals surface area contributed by atoms with E-state index in [4.69, 9.17) is 0 Å². The molecule has 4 rings (SSSR count). The first kappa shape index (κ1) is 29.3. The summed E-state index contributed by atoms with van der Waals surface area (Å²) in [7, 11) is 0. The molecule has 0 bridgehead atoms. The molecule has 182 valence electrons. The molecule has 0 nitrogen and oxygen atoms in total. The molecule has 0 fully saturated rings. The minimum Gasteiger partial charge on any atom is -0.147 e. The average molecular weight is 678 g/mol. The van der Waals surface area contributed by atoms with Crippen LogP contribution in [0, 0.1) is 0 Å². The van der Waals surface area contributed by atoms with Crippen molar-refractivity contribution in [2.75, 3.05) is 0 Å². The maximum absolute atomic E-state index is 3.56. The second-order valence-electron chi connectivity index (χ2n) is 10.7. The zero-order valence-electron chi connectivity index (χ0n) is 21.2. The fourth-order valence-corrected chi connectivity index (χ4v) is 25.6. The van der Waals surface area contributed by atoms with Gasteiger partial charge in [0.1, 0.15) is 0 Å². The van der Waals surface area contributed by atoms with Crippen molar-refractivity contribution in [3.63, 3.8) is 0 Å². The predicted molar refractivity (Wildman–Crippen MR) is 157 cm³/mol. The molecule has 0 unspecified atom stereocenters. The van der Waals surface area contributed by atoms with Crippen LogP contribution in [0.1, 0.15) is 63.5 Å². The van der Waals surface area contributed by atoms with Crippen molar-refractivity contribution in [3.8, 4) is 0 Å². The Morgan fingerprint density at radius 1 is 0.647 bits per heavy atom. The van der Waals surface area contributed by atoms with Crippen LogP contribution >= 0.6 is 24.8 Å². The number of hydrogen-bond acceptors (Lipinski definition) is 0. The van der Waals surface area contributed by atoms with Crippen LogP contribution in [0.2, 0.25) is 9.36 Å². The van der Waals surface area contributed by atoms with E-state index < -0.39 is 17.1 Å². The first-order valence-electron chi connectivity index (χ1n) is 12.4. The van der Waals surface area contributed by atoms with E-state index in [9.17, 15) is 0 Å². The molecular formula is C30H40Cl2HfSi. The fourth-order valence-electron chi connectivity index (χ4n) is 5.66. The van der Waals surface area contributed by atoms with Gasteiger partial charge in [0, 0.05) is 0 Å². The summed E-state index contributed by atoms with van der Waals surface area (Å²) in [6, 6.07) is 22.4. The molecule has 0 aromatic heterocycles. The van der Waals surface area contributed by atoms with Gasteiger partial charge in [0.05, 0.1) is 0 Å². The van der Waals surface area contributed by atoms with Crippen molar-refractivity contribution >= 4 is 42.9 Å². The molecular weight excluding hydrogens is 638 g/mol. The normalized spacial score (nSPS) is 16.1. The molecule has 2 aromatic rings. The number of rotatable bonds is 8. The summed E-state index contributed by atoms with van der Waals surface area (Å²) < 4.78 is 9.06. The van der Waals surface area contributed by atoms with Crippen LogP contribution in [-0.2, 0) is 17.1 Å². The Morgan fingerprint density at radius 3 is 1.32 bits per heavy atom. The Balaban J connectivity index is 0.00000204. The fraction of sp³-hybridized carbons (Fsp3) is 0.333. The Bertz CT molecular complexity index is 1110. The first-order chi connectivity index (χ1) is 15.3.